The maximum atomic E-state index is 12.0. The molecular weight excluding hydrogens is 310 g/mol. The summed E-state index contributed by atoms with van der Waals surface area (Å²) in [4.78, 5) is 35.0. The van der Waals surface area contributed by atoms with Crippen molar-refractivity contribution < 1.29 is 4.79 Å². The van der Waals surface area contributed by atoms with Gasteiger partial charge in [-0.05, 0) is 27.2 Å². The number of nitrogens with one attached hydrogen (secondary N) is 3. The Kier molecular flexibility index (Phi) is 4.87. The highest BCUT2D eigenvalue weighted by atomic mass is 16.2. The van der Waals surface area contributed by atoms with E-state index in [0.717, 1.165) is 12.8 Å². The number of carbonyl (C=O) groups is 1. The molecule has 2 aromatic heterocycles. The number of H-pyrrole nitrogens is 1. The Bertz CT molecular complexity index is 852. The van der Waals surface area contributed by atoms with Crippen LogP contribution in [0.1, 0.15) is 46.2 Å². The van der Waals surface area contributed by atoms with Crippen molar-refractivity contribution in [1.29, 1.82) is 5.26 Å². The van der Waals surface area contributed by atoms with Crippen molar-refractivity contribution in [2.75, 3.05) is 5.32 Å². The van der Waals surface area contributed by atoms with E-state index < -0.39 is 11.6 Å². The molecule has 9 nitrogen and oxygen atoms in total. The van der Waals surface area contributed by atoms with Gasteiger partial charge in [-0.25, -0.2) is 19.6 Å². The highest BCUT2D eigenvalue weighted by molar-refractivity contribution is 5.90. The summed E-state index contributed by atoms with van der Waals surface area (Å²) in [5.41, 5.74) is -0.284. The molecule has 0 aliphatic heterocycles. The SMILES string of the molecule is CCCCn1c(=O)[nH]c2nc(C#N)c(NC(=O)NC(C)(C)C)nc21. The minimum Gasteiger partial charge on any atom is -0.333 e. The number of hydrogen-bond acceptors (Lipinski definition) is 5. The Hall–Kier alpha value is -2.89. The van der Waals surface area contributed by atoms with E-state index in [2.05, 4.69) is 25.6 Å². The Labute approximate surface area is 139 Å². The van der Waals surface area contributed by atoms with Crippen LogP contribution in [0.3, 0.4) is 0 Å². The van der Waals surface area contributed by atoms with Crippen molar-refractivity contribution in [3.8, 4) is 6.07 Å². The van der Waals surface area contributed by atoms with Gasteiger partial charge >= 0.3 is 11.7 Å². The van der Waals surface area contributed by atoms with Gasteiger partial charge in [0.1, 0.15) is 6.07 Å². The molecule has 2 rings (SSSR count). The standard InChI is InChI=1S/C15H21N7O2/c1-5-6-7-22-12-11(20-14(22)24)17-9(8-16)10(18-12)19-13(23)21-15(2,3)4/h5-7H2,1-4H3,(H,17,20,24)(H2,18,19,21,23). The lowest BCUT2D eigenvalue weighted by Crippen LogP contribution is -2.43. The van der Waals surface area contributed by atoms with Crippen LogP contribution in [0.25, 0.3) is 11.3 Å². The molecular formula is C15H21N7O2. The predicted molar refractivity (Wildman–Crippen MR) is 89.7 cm³/mol. The van der Waals surface area contributed by atoms with Crippen molar-refractivity contribution in [3.63, 3.8) is 0 Å². The molecule has 0 fully saturated rings. The lowest BCUT2D eigenvalue weighted by molar-refractivity contribution is 0.243. The summed E-state index contributed by atoms with van der Waals surface area (Å²) in [6, 6.07) is 1.39. The molecule has 3 N–H and O–H groups in total. The lowest BCUT2D eigenvalue weighted by Gasteiger charge is -2.20. The molecule has 128 valence electrons. The molecule has 0 aromatic carbocycles. The van der Waals surface area contributed by atoms with E-state index in [1.165, 1.54) is 4.57 Å². The van der Waals surface area contributed by atoms with E-state index in [1.807, 2.05) is 33.8 Å². The minimum atomic E-state index is -0.495. The smallest absolute Gasteiger partial charge is 0.328 e. The number of nitrogens with zero attached hydrogens (tertiary/aromatic N) is 4. The van der Waals surface area contributed by atoms with Crippen molar-refractivity contribution in [2.45, 2.75) is 52.6 Å². The molecule has 24 heavy (non-hydrogen) atoms. The van der Waals surface area contributed by atoms with Gasteiger partial charge in [-0.15, -0.1) is 0 Å². The number of imidazole rings is 1. The third kappa shape index (κ3) is 3.90. The summed E-state index contributed by atoms with van der Waals surface area (Å²) >= 11 is 0. The molecule has 2 aromatic rings. The monoisotopic (exact) mass is 331 g/mol. The van der Waals surface area contributed by atoms with E-state index in [1.54, 1.807) is 0 Å². The first-order chi connectivity index (χ1) is 11.2. The molecule has 0 radical (unpaired) electrons. The van der Waals surface area contributed by atoms with Crippen LogP contribution in [-0.4, -0.2) is 31.1 Å². The maximum absolute atomic E-state index is 12.0. The van der Waals surface area contributed by atoms with Gasteiger partial charge in [0.2, 0.25) is 0 Å². The van der Waals surface area contributed by atoms with Gasteiger partial charge in [0, 0.05) is 12.1 Å². The predicted octanol–water partition coefficient (Wildman–Crippen LogP) is 1.71. The van der Waals surface area contributed by atoms with Crippen LogP contribution in [0.15, 0.2) is 4.79 Å². The van der Waals surface area contributed by atoms with Gasteiger partial charge < -0.3 is 5.32 Å². The Morgan fingerprint density at radius 2 is 2.08 bits per heavy atom. The van der Waals surface area contributed by atoms with Crippen LogP contribution in [0, 0.1) is 11.3 Å². The number of anilines is 1. The van der Waals surface area contributed by atoms with Gasteiger partial charge in [-0.1, -0.05) is 13.3 Å². The lowest BCUT2D eigenvalue weighted by atomic mass is 10.1. The molecule has 0 unspecified atom stereocenters. The van der Waals surface area contributed by atoms with E-state index in [0.29, 0.717) is 12.2 Å². The minimum absolute atomic E-state index is 0.0241. The maximum Gasteiger partial charge on any atom is 0.328 e. The van der Waals surface area contributed by atoms with E-state index in [9.17, 15) is 14.9 Å². The van der Waals surface area contributed by atoms with Crippen molar-refractivity contribution in [1.82, 2.24) is 24.8 Å². The van der Waals surface area contributed by atoms with Crippen LogP contribution >= 0.6 is 0 Å². The fraction of sp³-hybridized carbons (Fsp3) is 0.533. The summed E-state index contributed by atoms with van der Waals surface area (Å²) in [6.45, 7) is 8.01. The summed E-state index contributed by atoms with van der Waals surface area (Å²) < 4.78 is 1.46. The first-order valence-corrected chi connectivity index (χ1v) is 7.75. The molecule has 2 amide bonds. The van der Waals surface area contributed by atoms with Crippen LogP contribution < -0.4 is 16.3 Å². The molecule has 9 heteroatoms. The summed E-state index contributed by atoms with van der Waals surface area (Å²) in [6.07, 6.45) is 1.73. The highest BCUT2D eigenvalue weighted by Gasteiger charge is 2.19. The van der Waals surface area contributed by atoms with E-state index in [-0.39, 0.29) is 22.8 Å². The van der Waals surface area contributed by atoms with Crippen LogP contribution in [-0.2, 0) is 6.54 Å². The average molecular weight is 331 g/mol. The number of aryl methyl sites for hydroxylation is 1. The second-order valence-electron chi connectivity index (χ2n) is 6.47. The molecule has 0 saturated heterocycles. The number of aromatic amines is 1. The van der Waals surface area contributed by atoms with Crippen molar-refractivity contribution >= 4 is 23.1 Å². The molecule has 2 heterocycles. The fourth-order valence-electron chi connectivity index (χ4n) is 2.13. The van der Waals surface area contributed by atoms with E-state index >= 15 is 0 Å². The molecule has 0 bridgehead atoms. The second-order valence-corrected chi connectivity index (χ2v) is 6.47. The van der Waals surface area contributed by atoms with Gasteiger partial charge in [0.15, 0.2) is 22.8 Å². The zero-order valence-electron chi connectivity index (χ0n) is 14.2. The first kappa shape index (κ1) is 17.5. The molecule has 0 spiro atoms. The van der Waals surface area contributed by atoms with Gasteiger partial charge in [-0.2, -0.15) is 5.26 Å². The van der Waals surface area contributed by atoms with Crippen LogP contribution in [0.2, 0.25) is 0 Å². The third-order valence-electron chi connectivity index (χ3n) is 3.17. The quantitative estimate of drug-likeness (QED) is 0.785. The Balaban J connectivity index is 2.43. The van der Waals surface area contributed by atoms with Gasteiger partial charge in [0.25, 0.3) is 0 Å². The molecule has 0 aliphatic rings. The average Bonchev–Trinajstić information content (AvgIpc) is 2.77. The fourth-order valence-corrected chi connectivity index (χ4v) is 2.13. The van der Waals surface area contributed by atoms with Gasteiger partial charge in [0.05, 0.1) is 0 Å². The zero-order chi connectivity index (χ0) is 17.9. The van der Waals surface area contributed by atoms with Gasteiger partial charge in [-0.3, -0.25) is 14.9 Å². The van der Waals surface area contributed by atoms with E-state index in [4.69, 9.17) is 0 Å². The van der Waals surface area contributed by atoms with Crippen molar-refractivity contribution in [3.05, 3.63) is 16.2 Å². The number of amides is 2. The number of unbranched alkanes of at least 4 members (excludes halogenated alkanes) is 1. The summed E-state index contributed by atoms with van der Waals surface area (Å²) in [5, 5.41) is 14.5. The first-order valence-electron chi connectivity index (χ1n) is 7.75. The molecule has 0 atom stereocenters. The number of urea groups is 1. The number of rotatable bonds is 4. The number of carbonyl (C=O) groups excluding carboxylic acids is 1. The molecule has 0 saturated carbocycles. The normalized spacial score (nSPS) is 11.3. The number of hydrogen-bond donors (Lipinski definition) is 3. The Morgan fingerprint density at radius 3 is 2.67 bits per heavy atom. The number of nitriles is 1. The molecule has 0 aliphatic carbocycles. The summed E-state index contributed by atoms with van der Waals surface area (Å²) in [5.74, 6) is 0.0241. The largest absolute Gasteiger partial charge is 0.333 e. The van der Waals surface area contributed by atoms with Crippen LogP contribution in [0.4, 0.5) is 10.6 Å². The highest BCUT2D eigenvalue weighted by Crippen LogP contribution is 2.15. The summed E-state index contributed by atoms with van der Waals surface area (Å²) in [7, 11) is 0. The third-order valence-corrected chi connectivity index (χ3v) is 3.17. The van der Waals surface area contributed by atoms with Crippen molar-refractivity contribution in [2.24, 2.45) is 0 Å². The number of aromatic nitrogens is 4. The van der Waals surface area contributed by atoms with Crippen LogP contribution in [0.5, 0.6) is 0 Å². The second kappa shape index (κ2) is 6.70. The Morgan fingerprint density at radius 1 is 1.38 bits per heavy atom. The topological polar surface area (TPSA) is 128 Å². The zero-order valence-corrected chi connectivity index (χ0v) is 14.2. The number of fused-ring (bicyclic) bond motifs is 1.